The molecular weight excluding hydrogens is 312 g/mol. The van der Waals surface area contributed by atoms with Crippen molar-refractivity contribution in [3.63, 3.8) is 0 Å². The standard InChI is InChI=1S/C18H30O6/c1-4-7-16(19)22-13-10-14(23-17(20)8-5-2)12-15(11-13)24-18(21)9-6-3/h13-15H,4-12H2,1-3H3. The molecule has 138 valence electrons. The zero-order chi connectivity index (χ0) is 17.9. The van der Waals surface area contributed by atoms with Gasteiger partial charge in [-0.2, -0.15) is 0 Å². The number of rotatable bonds is 9. The van der Waals surface area contributed by atoms with E-state index in [9.17, 15) is 14.4 Å². The summed E-state index contributed by atoms with van der Waals surface area (Å²) in [4.78, 5) is 35.2. The van der Waals surface area contributed by atoms with Gasteiger partial charge in [0, 0.05) is 38.5 Å². The number of esters is 3. The van der Waals surface area contributed by atoms with Gasteiger partial charge < -0.3 is 14.2 Å². The summed E-state index contributed by atoms with van der Waals surface area (Å²) < 4.78 is 16.4. The quantitative estimate of drug-likeness (QED) is 0.472. The van der Waals surface area contributed by atoms with Crippen molar-refractivity contribution in [2.45, 2.75) is 96.9 Å². The van der Waals surface area contributed by atoms with Gasteiger partial charge in [-0.15, -0.1) is 0 Å². The van der Waals surface area contributed by atoms with Crippen LogP contribution in [-0.4, -0.2) is 36.2 Å². The summed E-state index contributed by atoms with van der Waals surface area (Å²) >= 11 is 0. The third kappa shape index (κ3) is 7.79. The normalized spacial score (nSPS) is 23.4. The highest BCUT2D eigenvalue weighted by Crippen LogP contribution is 2.27. The fourth-order valence-corrected chi connectivity index (χ4v) is 2.80. The summed E-state index contributed by atoms with van der Waals surface area (Å²) in [5.74, 6) is -0.787. The van der Waals surface area contributed by atoms with Gasteiger partial charge in [-0.05, 0) is 19.3 Å². The second-order valence-corrected chi connectivity index (χ2v) is 6.29. The number of hydrogen-bond donors (Lipinski definition) is 0. The van der Waals surface area contributed by atoms with E-state index in [1.165, 1.54) is 0 Å². The average molecular weight is 342 g/mol. The van der Waals surface area contributed by atoms with Gasteiger partial charge in [-0.3, -0.25) is 14.4 Å². The number of carbonyl (C=O) groups excluding carboxylic acids is 3. The van der Waals surface area contributed by atoms with Crippen LogP contribution in [0.2, 0.25) is 0 Å². The predicted molar refractivity (Wildman–Crippen MR) is 88.2 cm³/mol. The molecule has 0 atom stereocenters. The second-order valence-electron chi connectivity index (χ2n) is 6.29. The van der Waals surface area contributed by atoms with Gasteiger partial charge in [0.1, 0.15) is 18.3 Å². The summed E-state index contributed by atoms with van der Waals surface area (Å²) in [6.07, 6.45) is 3.49. The molecule has 1 aliphatic rings. The first-order chi connectivity index (χ1) is 11.5. The molecule has 0 N–H and O–H groups in total. The molecule has 0 bridgehead atoms. The molecule has 6 nitrogen and oxygen atoms in total. The van der Waals surface area contributed by atoms with Crippen molar-refractivity contribution < 1.29 is 28.6 Å². The van der Waals surface area contributed by atoms with E-state index in [-0.39, 0.29) is 36.2 Å². The van der Waals surface area contributed by atoms with Gasteiger partial charge >= 0.3 is 17.9 Å². The Balaban J connectivity index is 2.64. The van der Waals surface area contributed by atoms with Crippen molar-refractivity contribution in [1.82, 2.24) is 0 Å². The minimum atomic E-state index is -0.378. The molecular formula is C18H30O6. The second kappa shape index (κ2) is 11.0. The molecule has 0 radical (unpaired) electrons. The average Bonchev–Trinajstić information content (AvgIpc) is 2.47. The molecule has 1 saturated carbocycles. The third-order valence-electron chi connectivity index (χ3n) is 3.83. The smallest absolute Gasteiger partial charge is 0.306 e. The SMILES string of the molecule is CCCC(=O)OC1CC(OC(=O)CCC)CC(OC(=O)CCC)C1. The highest BCUT2D eigenvalue weighted by Gasteiger charge is 2.35. The van der Waals surface area contributed by atoms with Crippen LogP contribution in [0.25, 0.3) is 0 Å². The summed E-state index contributed by atoms with van der Waals surface area (Å²) in [6.45, 7) is 5.73. The lowest BCUT2D eigenvalue weighted by Crippen LogP contribution is -2.40. The Hall–Kier alpha value is -1.59. The van der Waals surface area contributed by atoms with Crippen molar-refractivity contribution in [2.75, 3.05) is 0 Å². The molecule has 6 heteroatoms. The topological polar surface area (TPSA) is 78.9 Å². The molecule has 0 aliphatic heterocycles. The van der Waals surface area contributed by atoms with Crippen LogP contribution in [0, 0.1) is 0 Å². The first kappa shape index (κ1) is 20.5. The van der Waals surface area contributed by atoms with E-state index < -0.39 is 0 Å². The minimum Gasteiger partial charge on any atom is -0.462 e. The van der Waals surface area contributed by atoms with E-state index in [2.05, 4.69) is 0 Å². The van der Waals surface area contributed by atoms with Crippen molar-refractivity contribution >= 4 is 17.9 Å². The van der Waals surface area contributed by atoms with Crippen molar-refractivity contribution in [3.05, 3.63) is 0 Å². The van der Waals surface area contributed by atoms with Crippen LogP contribution >= 0.6 is 0 Å². The van der Waals surface area contributed by atoms with Gasteiger partial charge in [-0.1, -0.05) is 20.8 Å². The zero-order valence-corrected chi connectivity index (χ0v) is 15.0. The van der Waals surface area contributed by atoms with Gasteiger partial charge in [0.2, 0.25) is 0 Å². The van der Waals surface area contributed by atoms with E-state index >= 15 is 0 Å². The first-order valence-corrected chi connectivity index (χ1v) is 9.06. The third-order valence-corrected chi connectivity index (χ3v) is 3.83. The van der Waals surface area contributed by atoms with Crippen LogP contribution in [-0.2, 0) is 28.6 Å². The molecule has 0 aromatic rings. The van der Waals surface area contributed by atoms with Gasteiger partial charge in [0.05, 0.1) is 0 Å². The largest absolute Gasteiger partial charge is 0.462 e. The summed E-state index contributed by atoms with van der Waals surface area (Å²) in [5.41, 5.74) is 0. The predicted octanol–water partition coefficient (Wildman–Crippen LogP) is 3.31. The van der Waals surface area contributed by atoms with Crippen molar-refractivity contribution in [1.29, 1.82) is 0 Å². The molecule has 0 aromatic heterocycles. The monoisotopic (exact) mass is 342 g/mol. The van der Waals surface area contributed by atoms with E-state index in [0.29, 0.717) is 38.5 Å². The Morgan fingerprint density at radius 3 is 1.08 bits per heavy atom. The highest BCUT2D eigenvalue weighted by molar-refractivity contribution is 5.70. The van der Waals surface area contributed by atoms with E-state index in [0.717, 1.165) is 19.3 Å². The molecule has 24 heavy (non-hydrogen) atoms. The maximum atomic E-state index is 11.7. The maximum Gasteiger partial charge on any atom is 0.306 e. The Bertz CT molecular complexity index is 352. The Morgan fingerprint density at radius 1 is 0.625 bits per heavy atom. The Morgan fingerprint density at radius 2 is 0.875 bits per heavy atom. The van der Waals surface area contributed by atoms with Crippen LogP contribution < -0.4 is 0 Å². The number of carbonyl (C=O) groups is 3. The highest BCUT2D eigenvalue weighted by atomic mass is 16.6. The Labute approximate surface area is 144 Å². The molecule has 1 aliphatic carbocycles. The summed E-state index contributed by atoms with van der Waals surface area (Å²) in [5, 5.41) is 0. The lowest BCUT2D eigenvalue weighted by molar-refractivity contribution is -0.169. The lowest BCUT2D eigenvalue weighted by atomic mass is 9.92. The van der Waals surface area contributed by atoms with Crippen molar-refractivity contribution in [2.24, 2.45) is 0 Å². The van der Waals surface area contributed by atoms with Crippen LogP contribution in [0.5, 0.6) is 0 Å². The zero-order valence-electron chi connectivity index (χ0n) is 15.0. The van der Waals surface area contributed by atoms with Crippen molar-refractivity contribution in [3.8, 4) is 0 Å². The van der Waals surface area contributed by atoms with E-state index in [4.69, 9.17) is 14.2 Å². The lowest BCUT2D eigenvalue weighted by Gasteiger charge is -2.33. The molecule has 0 unspecified atom stereocenters. The number of ether oxygens (including phenoxy) is 3. The van der Waals surface area contributed by atoms with Crippen LogP contribution in [0.15, 0.2) is 0 Å². The van der Waals surface area contributed by atoms with Crippen LogP contribution in [0.3, 0.4) is 0 Å². The minimum absolute atomic E-state index is 0.262. The Kier molecular flexibility index (Phi) is 9.42. The van der Waals surface area contributed by atoms with E-state index in [1.54, 1.807) is 0 Å². The van der Waals surface area contributed by atoms with E-state index in [1.807, 2.05) is 20.8 Å². The molecule has 1 rings (SSSR count). The van der Waals surface area contributed by atoms with Gasteiger partial charge in [0.15, 0.2) is 0 Å². The molecule has 0 aromatic carbocycles. The summed E-state index contributed by atoms with van der Waals surface area (Å²) in [6, 6.07) is 0. The molecule has 0 heterocycles. The number of hydrogen-bond acceptors (Lipinski definition) is 6. The molecule has 0 saturated heterocycles. The maximum absolute atomic E-state index is 11.7. The van der Waals surface area contributed by atoms with Gasteiger partial charge in [0.25, 0.3) is 0 Å². The summed E-state index contributed by atoms with van der Waals surface area (Å²) in [7, 11) is 0. The van der Waals surface area contributed by atoms with Gasteiger partial charge in [-0.25, -0.2) is 0 Å². The fraction of sp³-hybridized carbons (Fsp3) is 0.833. The van der Waals surface area contributed by atoms with Crippen LogP contribution in [0.4, 0.5) is 0 Å². The first-order valence-electron chi connectivity index (χ1n) is 9.06. The molecule has 1 fully saturated rings. The fourth-order valence-electron chi connectivity index (χ4n) is 2.80. The van der Waals surface area contributed by atoms with Crippen LogP contribution in [0.1, 0.15) is 78.6 Å². The molecule has 0 spiro atoms. The molecule has 0 amide bonds.